The van der Waals surface area contributed by atoms with Crippen molar-refractivity contribution in [1.29, 1.82) is 0 Å². The number of ether oxygens (including phenoxy) is 2. The first-order valence-electron chi connectivity index (χ1n) is 14.5. The van der Waals surface area contributed by atoms with Crippen molar-refractivity contribution in [2.75, 3.05) is 0 Å². The first-order valence-corrected chi connectivity index (χ1v) is 14.5. The van der Waals surface area contributed by atoms with Gasteiger partial charge in [-0.25, -0.2) is 0 Å². The fraction of sp³-hybridized carbons (Fsp3) is 0.839. The van der Waals surface area contributed by atoms with Gasteiger partial charge in [-0.05, 0) is 87.5 Å². The Bertz CT molecular complexity index is 946. The molecule has 0 aromatic carbocycles. The van der Waals surface area contributed by atoms with Crippen LogP contribution in [0.4, 0.5) is 0 Å². The SMILES string of the molecule is CC(=O)OC1C=C2C(=O)C[C@H]3C4CCC(C(C)CCCC(C)(C)O)[C@@]4(C)CC(OC(C)=O)C3[C@@]2(C)CC1. The molecule has 6 unspecified atom stereocenters. The molecule has 3 fully saturated rings. The number of ketones is 1. The van der Waals surface area contributed by atoms with E-state index in [1.807, 2.05) is 19.9 Å². The third kappa shape index (κ3) is 5.42. The lowest BCUT2D eigenvalue weighted by Crippen LogP contribution is -2.59. The minimum Gasteiger partial charge on any atom is -0.462 e. The Balaban J connectivity index is 1.63. The van der Waals surface area contributed by atoms with Gasteiger partial charge in [0.15, 0.2) is 5.78 Å². The van der Waals surface area contributed by atoms with Crippen LogP contribution in [-0.2, 0) is 23.9 Å². The Morgan fingerprint density at radius 3 is 2.43 bits per heavy atom. The molecule has 6 heteroatoms. The van der Waals surface area contributed by atoms with E-state index in [2.05, 4.69) is 20.8 Å². The summed E-state index contributed by atoms with van der Waals surface area (Å²) in [4.78, 5) is 37.6. The molecule has 3 saturated carbocycles. The first-order chi connectivity index (χ1) is 17.2. The van der Waals surface area contributed by atoms with E-state index in [0.29, 0.717) is 30.6 Å². The molecule has 4 rings (SSSR count). The van der Waals surface area contributed by atoms with Crippen LogP contribution in [-0.4, -0.2) is 40.6 Å². The smallest absolute Gasteiger partial charge is 0.303 e. The van der Waals surface area contributed by atoms with Crippen LogP contribution in [0.2, 0.25) is 0 Å². The van der Waals surface area contributed by atoms with E-state index in [1.54, 1.807) is 0 Å². The van der Waals surface area contributed by atoms with Gasteiger partial charge in [0.1, 0.15) is 12.2 Å². The van der Waals surface area contributed by atoms with Crippen LogP contribution in [0.3, 0.4) is 0 Å². The molecule has 208 valence electrons. The third-order valence-electron chi connectivity index (χ3n) is 10.6. The van der Waals surface area contributed by atoms with Crippen LogP contribution in [0.25, 0.3) is 0 Å². The van der Waals surface area contributed by atoms with Gasteiger partial charge in [-0.1, -0.05) is 33.6 Å². The highest BCUT2D eigenvalue weighted by Crippen LogP contribution is 2.67. The van der Waals surface area contributed by atoms with Gasteiger partial charge in [0.25, 0.3) is 0 Å². The zero-order chi connectivity index (χ0) is 27.3. The van der Waals surface area contributed by atoms with E-state index in [9.17, 15) is 19.5 Å². The molecule has 0 saturated heterocycles. The lowest BCUT2D eigenvalue weighted by Gasteiger charge is -2.60. The zero-order valence-electron chi connectivity index (χ0n) is 24.0. The summed E-state index contributed by atoms with van der Waals surface area (Å²) in [5.41, 5.74) is -0.226. The Labute approximate surface area is 222 Å². The number of aliphatic hydroxyl groups is 1. The standard InChI is InChI=1S/C31H48O6/c1-18(9-8-13-29(4,5)35)23-10-11-24-22-16-26(34)25-15-21(36-19(2)32)12-14-30(25,6)28(22)27(37-20(3)33)17-31(23,24)7/h15,18,21-24,27-28,35H,8-14,16-17H2,1-7H3/t18?,21?,22-,23?,24?,27?,28?,30-,31+/m0/s1. The van der Waals surface area contributed by atoms with Crippen LogP contribution >= 0.6 is 0 Å². The molecular formula is C31H48O6. The molecule has 0 spiro atoms. The van der Waals surface area contributed by atoms with Crippen molar-refractivity contribution in [3.05, 3.63) is 11.6 Å². The van der Waals surface area contributed by atoms with Crippen molar-refractivity contribution in [2.45, 2.75) is 124 Å². The van der Waals surface area contributed by atoms with Crippen molar-refractivity contribution in [2.24, 2.45) is 40.4 Å². The van der Waals surface area contributed by atoms with Crippen LogP contribution in [0.15, 0.2) is 11.6 Å². The molecule has 4 aliphatic rings. The van der Waals surface area contributed by atoms with E-state index < -0.39 is 5.60 Å². The molecule has 37 heavy (non-hydrogen) atoms. The number of Topliss-reactive ketones (excluding diaryl/α,β-unsaturated/α-hetero) is 1. The fourth-order valence-corrected chi connectivity index (χ4v) is 9.28. The molecule has 0 aromatic heterocycles. The van der Waals surface area contributed by atoms with E-state index in [0.717, 1.165) is 50.5 Å². The number of fused-ring (bicyclic) bond motifs is 5. The number of esters is 2. The van der Waals surface area contributed by atoms with Crippen LogP contribution in [0.1, 0.15) is 106 Å². The quantitative estimate of drug-likeness (QED) is 0.431. The van der Waals surface area contributed by atoms with E-state index in [4.69, 9.17) is 9.47 Å². The zero-order valence-corrected chi connectivity index (χ0v) is 24.0. The van der Waals surface area contributed by atoms with Gasteiger partial charge in [-0.15, -0.1) is 0 Å². The molecular weight excluding hydrogens is 468 g/mol. The maximum Gasteiger partial charge on any atom is 0.303 e. The first kappa shape index (κ1) is 28.3. The molecule has 0 radical (unpaired) electrons. The van der Waals surface area contributed by atoms with Gasteiger partial charge >= 0.3 is 11.9 Å². The summed E-state index contributed by atoms with van der Waals surface area (Å²) in [6, 6.07) is 0. The summed E-state index contributed by atoms with van der Waals surface area (Å²) in [5, 5.41) is 10.2. The predicted octanol–water partition coefficient (Wildman–Crippen LogP) is 5.80. The number of rotatable bonds is 7. The normalized spacial score (nSPS) is 40.1. The van der Waals surface area contributed by atoms with Crippen molar-refractivity contribution in [3.63, 3.8) is 0 Å². The van der Waals surface area contributed by atoms with Gasteiger partial charge in [0.2, 0.25) is 0 Å². The average Bonchev–Trinajstić information content (AvgIpc) is 3.09. The number of carbonyl (C=O) groups excluding carboxylic acids is 3. The fourth-order valence-electron chi connectivity index (χ4n) is 9.28. The highest BCUT2D eigenvalue weighted by Gasteiger charge is 2.65. The van der Waals surface area contributed by atoms with Gasteiger partial charge < -0.3 is 14.6 Å². The number of hydrogen-bond acceptors (Lipinski definition) is 6. The molecule has 0 heterocycles. The van der Waals surface area contributed by atoms with Crippen molar-refractivity contribution < 1.29 is 29.0 Å². The van der Waals surface area contributed by atoms with Gasteiger partial charge in [0.05, 0.1) is 5.60 Å². The molecule has 0 amide bonds. The Hall–Kier alpha value is -1.69. The minimum atomic E-state index is -0.641. The monoisotopic (exact) mass is 516 g/mol. The summed E-state index contributed by atoms with van der Waals surface area (Å²) in [6.07, 6.45) is 9.19. The second-order valence-electron chi connectivity index (χ2n) is 13.8. The summed E-state index contributed by atoms with van der Waals surface area (Å²) in [6.45, 7) is 13.6. The minimum absolute atomic E-state index is 0.0161. The Morgan fingerprint density at radius 1 is 1.14 bits per heavy atom. The van der Waals surface area contributed by atoms with Crippen LogP contribution < -0.4 is 0 Å². The summed E-state index contributed by atoms with van der Waals surface area (Å²) in [7, 11) is 0. The van der Waals surface area contributed by atoms with Crippen molar-refractivity contribution >= 4 is 17.7 Å². The second kappa shape index (κ2) is 10.1. The molecule has 0 bridgehead atoms. The molecule has 4 aliphatic carbocycles. The van der Waals surface area contributed by atoms with E-state index in [-0.39, 0.29) is 52.6 Å². The lowest BCUT2D eigenvalue weighted by atomic mass is 9.45. The lowest BCUT2D eigenvalue weighted by molar-refractivity contribution is -0.178. The highest BCUT2D eigenvalue weighted by molar-refractivity contribution is 5.98. The highest BCUT2D eigenvalue weighted by atomic mass is 16.5. The predicted molar refractivity (Wildman–Crippen MR) is 141 cm³/mol. The summed E-state index contributed by atoms with van der Waals surface area (Å²) in [5.74, 6) is 1.34. The summed E-state index contributed by atoms with van der Waals surface area (Å²) >= 11 is 0. The van der Waals surface area contributed by atoms with Crippen LogP contribution in [0, 0.1) is 40.4 Å². The molecule has 0 aliphatic heterocycles. The maximum absolute atomic E-state index is 13.7. The number of hydrogen-bond donors (Lipinski definition) is 1. The topological polar surface area (TPSA) is 89.9 Å². The Morgan fingerprint density at radius 2 is 1.81 bits per heavy atom. The van der Waals surface area contributed by atoms with Crippen LogP contribution in [0.5, 0.6) is 0 Å². The maximum atomic E-state index is 13.7. The Kier molecular flexibility index (Phi) is 7.75. The average molecular weight is 517 g/mol. The molecule has 9 atom stereocenters. The van der Waals surface area contributed by atoms with Gasteiger partial charge in [0, 0.05) is 37.2 Å². The van der Waals surface area contributed by atoms with E-state index in [1.165, 1.54) is 13.8 Å². The van der Waals surface area contributed by atoms with Crippen molar-refractivity contribution in [3.8, 4) is 0 Å². The molecule has 6 nitrogen and oxygen atoms in total. The van der Waals surface area contributed by atoms with Gasteiger partial charge in [-0.3, -0.25) is 14.4 Å². The third-order valence-corrected chi connectivity index (χ3v) is 10.6. The van der Waals surface area contributed by atoms with Crippen molar-refractivity contribution in [1.82, 2.24) is 0 Å². The molecule has 1 N–H and O–H groups in total. The number of carbonyl (C=O) groups is 3. The second-order valence-corrected chi connectivity index (χ2v) is 13.8. The summed E-state index contributed by atoms with van der Waals surface area (Å²) < 4.78 is 11.6. The van der Waals surface area contributed by atoms with Gasteiger partial charge in [-0.2, -0.15) is 0 Å². The largest absolute Gasteiger partial charge is 0.462 e. The molecule has 0 aromatic rings. The van der Waals surface area contributed by atoms with E-state index >= 15 is 0 Å². The number of allylic oxidation sites excluding steroid dienone is 1.